The first-order valence-electron chi connectivity index (χ1n) is 10.8. The molecule has 1 unspecified atom stereocenters. The number of thiophene rings is 1. The number of carbonyl (C=O) groups excluding carboxylic acids is 3. The average molecular weight is 464 g/mol. The number of ether oxygens (including phenoxy) is 1. The molecule has 1 heterocycles. The van der Waals surface area contributed by atoms with Crippen molar-refractivity contribution in [1.82, 2.24) is 0 Å². The molecule has 0 fully saturated rings. The maximum absolute atomic E-state index is 12.8. The molecule has 0 aliphatic heterocycles. The summed E-state index contributed by atoms with van der Waals surface area (Å²) in [5.41, 5.74) is 8.11. The minimum atomic E-state index is -0.722. The number of para-hydroxylation sites is 1. The van der Waals surface area contributed by atoms with Crippen molar-refractivity contribution >= 4 is 39.7 Å². The molecule has 3 amide bonds. The molecule has 1 atom stereocenters. The van der Waals surface area contributed by atoms with Gasteiger partial charge in [0.1, 0.15) is 10.8 Å². The Balaban J connectivity index is 1.40. The summed E-state index contributed by atoms with van der Waals surface area (Å²) in [6.45, 7) is 1.66. The normalized spacial score (nSPS) is 13.5. The molecule has 1 aromatic heterocycles. The minimum absolute atomic E-state index is 0.274. The standard InChI is InChI=1S/C25H25N3O4S/c1-15(23(30)27-17-7-3-2-4-8-17)32-18-13-11-16(12-14-18)24(31)28-25-21(22(26)29)19-9-5-6-10-20(19)33-25/h2-4,7-8,11-15H,5-6,9-10H2,1H3,(H2,26,29)(H,27,30)(H,28,31). The fourth-order valence-corrected chi connectivity index (χ4v) is 5.09. The van der Waals surface area contributed by atoms with Gasteiger partial charge in [-0.1, -0.05) is 18.2 Å². The first kappa shape index (κ1) is 22.5. The van der Waals surface area contributed by atoms with E-state index in [0.717, 1.165) is 36.1 Å². The molecule has 7 nitrogen and oxygen atoms in total. The van der Waals surface area contributed by atoms with E-state index in [2.05, 4.69) is 10.6 Å². The zero-order valence-electron chi connectivity index (χ0n) is 18.2. The topological polar surface area (TPSA) is 111 Å². The van der Waals surface area contributed by atoms with E-state index >= 15 is 0 Å². The molecule has 33 heavy (non-hydrogen) atoms. The molecule has 3 aromatic rings. The molecule has 4 N–H and O–H groups in total. The highest BCUT2D eigenvalue weighted by Crippen LogP contribution is 2.38. The van der Waals surface area contributed by atoms with Crippen LogP contribution in [0.5, 0.6) is 5.75 Å². The molecule has 4 rings (SSSR count). The number of nitrogens with two attached hydrogens (primary N) is 1. The van der Waals surface area contributed by atoms with Crippen molar-refractivity contribution in [3.05, 3.63) is 76.2 Å². The first-order valence-corrected chi connectivity index (χ1v) is 11.6. The monoisotopic (exact) mass is 463 g/mol. The third-order valence-electron chi connectivity index (χ3n) is 5.48. The van der Waals surface area contributed by atoms with Crippen LogP contribution >= 0.6 is 11.3 Å². The number of primary amides is 1. The highest BCUT2D eigenvalue weighted by Gasteiger charge is 2.25. The Hall–Kier alpha value is -3.65. The van der Waals surface area contributed by atoms with Crippen molar-refractivity contribution in [2.24, 2.45) is 5.73 Å². The molecule has 2 aromatic carbocycles. The van der Waals surface area contributed by atoms with E-state index in [-0.39, 0.29) is 11.8 Å². The predicted molar refractivity (Wildman–Crippen MR) is 129 cm³/mol. The van der Waals surface area contributed by atoms with Gasteiger partial charge in [-0.05, 0) is 74.6 Å². The maximum Gasteiger partial charge on any atom is 0.265 e. The molecular formula is C25H25N3O4S. The van der Waals surface area contributed by atoms with Crippen molar-refractivity contribution in [3.8, 4) is 5.75 Å². The largest absolute Gasteiger partial charge is 0.481 e. The fraction of sp³-hybridized carbons (Fsp3) is 0.240. The van der Waals surface area contributed by atoms with Gasteiger partial charge in [0.2, 0.25) is 0 Å². The zero-order chi connectivity index (χ0) is 23.4. The van der Waals surface area contributed by atoms with E-state index in [1.165, 1.54) is 11.3 Å². The number of carbonyl (C=O) groups is 3. The third kappa shape index (κ3) is 5.23. The van der Waals surface area contributed by atoms with E-state index in [0.29, 0.717) is 27.6 Å². The van der Waals surface area contributed by atoms with Crippen LogP contribution in [0.3, 0.4) is 0 Å². The maximum atomic E-state index is 12.8. The summed E-state index contributed by atoms with van der Waals surface area (Å²) in [5, 5.41) is 6.14. The van der Waals surface area contributed by atoms with E-state index in [1.807, 2.05) is 18.2 Å². The van der Waals surface area contributed by atoms with Gasteiger partial charge in [-0.3, -0.25) is 14.4 Å². The second-order valence-electron chi connectivity index (χ2n) is 7.87. The molecular weight excluding hydrogens is 438 g/mol. The smallest absolute Gasteiger partial charge is 0.265 e. The van der Waals surface area contributed by atoms with Crippen molar-refractivity contribution in [2.75, 3.05) is 10.6 Å². The number of amides is 3. The van der Waals surface area contributed by atoms with Gasteiger partial charge in [0.25, 0.3) is 17.7 Å². The summed E-state index contributed by atoms with van der Waals surface area (Å²) in [4.78, 5) is 38.3. The Bertz CT molecular complexity index is 1170. The van der Waals surface area contributed by atoms with Gasteiger partial charge in [-0.25, -0.2) is 0 Å². The van der Waals surface area contributed by atoms with Crippen LogP contribution in [-0.2, 0) is 17.6 Å². The van der Waals surface area contributed by atoms with Crippen LogP contribution in [0.1, 0.15) is 50.9 Å². The second kappa shape index (κ2) is 9.87. The van der Waals surface area contributed by atoms with Crippen LogP contribution in [-0.4, -0.2) is 23.8 Å². The van der Waals surface area contributed by atoms with Crippen molar-refractivity contribution in [1.29, 1.82) is 0 Å². The van der Waals surface area contributed by atoms with E-state index < -0.39 is 12.0 Å². The van der Waals surface area contributed by atoms with Gasteiger partial charge in [0.05, 0.1) is 5.56 Å². The number of hydrogen-bond acceptors (Lipinski definition) is 5. The Morgan fingerprint density at radius 3 is 2.36 bits per heavy atom. The number of hydrogen-bond donors (Lipinski definition) is 3. The lowest BCUT2D eigenvalue weighted by atomic mass is 9.95. The average Bonchev–Trinajstić information content (AvgIpc) is 3.18. The minimum Gasteiger partial charge on any atom is -0.481 e. The van der Waals surface area contributed by atoms with Crippen LogP contribution < -0.4 is 21.1 Å². The Morgan fingerprint density at radius 2 is 1.67 bits per heavy atom. The zero-order valence-corrected chi connectivity index (χ0v) is 19.0. The summed E-state index contributed by atoms with van der Waals surface area (Å²) in [5.74, 6) is -0.663. The van der Waals surface area contributed by atoms with Gasteiger partial charge in [0, 0.05) is 16.1 Å². The van der Waals surface area contributed by atoms with Crippen LogP contribution in [0.25, 0.3) is 0 Å². The second-order valence-corrected chi connectivity index (χ2v) is 8.98. The van der Waals surface area contributed by atoms with Crippen LogP contribution in [0, 0.1) is 0 Å². The van der Waals surface area contributed by atoms with Gasteiger partial charge in [-0.2, -0.15) is 0 Å². The predicted octanol–water partition coefficient (Wildman–Crippen LogP) is 4.38. The van der Waals surface area contributed by atoms with E-state index in [9.17, 15) is 14.4 Å². The summed E-state index contributed by atoms with van der Waals surface area (Å²) < 4.78 is 5.70. The molecule has 170 valence electrons. The lowest BCUT2D eigenvalue weighted by Crippen LogP contribution is -2.30. The lowest BCUT2D eigenvalue weighted by Gasteiger charge is -2.15. The molecule has 0 saturated carbocycles. The van der Waals surface area contributed by atoms with Gasteiger partial charge in [-0.15, -0.1) is 11.3 Å². The van der Waals surface area contributed by atoms with Crippen molar-refractivity contribution in [2.45, 2.75) is 38.7 Å². The third-order valence-corrected chi connectivity index (χ3v) is 6.69. The Kier molecular flexibility index (Phi) is 6.74. The SMILES string of the molecule is CC(Oc1ccc(C(=O)Nc2sc3c(c2C(N)=O)CCCC3)cc1)C(=O)Nc1ccccc1. The molecule has 0 saturated heterocycles. The number of nitrogens with one attached hydrogen (secondary N) is 2. The molecule has 0 spiro atoms. The molecule has 1 aliphatic carbocycles. The first-order chi connectivity index (χ1) is 15.9. The van der Waals surface area contributed by atoms with Crippen molar-refractivity contribution < 1.29 is 19.1 Å². The van der Waals surface area contributed by atoms with Crippen LogP contribution in [0.2, 0.25) is 0 Å². The number of benzene rings is 2. The number of anilines is 2. The highest BCUT2D eigenvalue weighted by atomic mass is 32.1. The quantitative estimate of drug-likeness (QED) is 0.483. The molecule has 0 radical (unpaired) electrons. The molecule has 8 heteroatoms. The number of rotatable bonds is 7. The highest BCUT2D eigenvalue weighted by molar-refractivity contribution is 7.17. The molecule has 1 aliphatic rings. The van der Waals surface area contributed by atoms with Crippen LogP contribution in [0.4, 0.5) is 10.7 Å². The fourth-order valence-electron chi connectivity index (χ4n) is 3.80. The van der Waals surface area contributed by atoms with Gasteiger partial charge < -0.3 is 21.1 Å². The lowest BCUT2D eigenvalue weighted by molar-refractivity contribution is -0.122. The summed E-state index contributed by atoms with van der Waals surface area (Å²) >= 11 is 1.43. The van der Waals surface area contributed by atoms with E-state index in [4.69, 9.17) is 10.5 Å². The Labute approximate surface area is 196 Å². The van der Waals surface area contributed by atoms with Gasteiger partial charge >= 0.3 is 0 Å². The Morgan fingerprint density at radius 1 is 0.970 bits per heavy atom. The van der Waals surface area contributed by atoms with Crippen molar-refractivity contribution in [3.63, 3.8) is 0 Å². The molecule has 0 bridgehead atoms. The number of aryl methyl sites for hydroxylation is 1. The number of fused-ring (bicyclic) bond motifs is 1. The van der Waals surface area contributed by atoms with Crippen LogP contribution in [0.15, 0.2) is 54.6 Å². The summed E-state index contributed by atoms with van der Waals surface area (Å²) in [7, 11) is 0. The van der Waals surface area contributed by atoms with E-state index in [1.54, 1.807) is 43.3 Å². The van der Waals surface area contributed by atoms with Gasteiger partial charge in [0.15, 0.2) is 6.10 Å². The summed E-state index contributed by atoms with van der Waals surface area (Å²) in [6, 6.07) is 15.6. The summed E-state index contributed by atoms with van der Waals surface area (Å²) in [6.07, 6.45) is 3.07.